The van der Waals surface area contributed by atoms with Crippen LogP contribution in [0.3, 0.4) is 0 Å². The van der Waals surface area contributed by atoms with Crippen LogP contribution in [0.4, 0.5) is 0 Å². The Kier molecular flexibility index (Phi) is 5.57. The molecule has 114 valence electrons. The number of hydrazine groups is 1. The lowest BCUT2D eigenvalue weighted by Gasteiger charge is -2.37. The highest BCUT2D eigenvalue weighted by atomic mass is 16.5. The van der Waals surface area contributed by atoms with E-state index in [1.165, 1.54) is 5.56 Å². The quantitative estimate of drug-likeness (QED) is 0.643. The Labute approximate surface area is 122 Å². The summed E-state index contributed by atoms with van der Waals surface area (Å²) < 4.78 is 11.3. The zero-order chi connectivity index (χ0) is 15.5. The number of aryl methyl sites for hydroxylation is 2. The molecule has 0 radical (unpaired) electrons. The van der Waals surface area contributed by atoms with Crippen LogP contribution in [0.1, 0.15) is 43.5 Å². The molecule has 0 fully saturated rings. The first-order valence-corrected chi connectivity index (χ1v) is 6.90. The van der Waals surface area contributed by atoms with E-state index in [9.17, 15) is 0 Å². The number of ether oxygens (including phenoxy) is 2. The molecule has 0 aliphatic rings. The van der Waals surface area contributed by atoms with Crippen molar-refractivity contribution in [2.24, 2.45) is 11.3 Å². The Bertz CT molecular complexity index is 453. The minimum Gasteiger partial charge on any atom is -0.496 e. The van der Waals surface area contributed by atoms with Crippen molar-refractivity contribution in [1.82, 2.24) is 5.43 Å². The largest absolute Gasteiger partial charge is 0.496 e. The van der Waals surface area contributed by atoms with Crippen LogP contribution in [0.25, 0.3) is 0 Å². The summed E-state index contributed by atoms with van der Waals surface area (Å²) >= 11 is 0. The van der Waals surface area contributed by atoms with Gasteiger partial charge in [-0.05, 0) is 36.5 Å². The number of nitrogens with two attached hydrogens (primary N) is 1. The van der Waals surface area contributed by atoms with Gasteiger partial charge in [0.2, 0.25) is 0 Å². The Balaban J connectivity index is 3.38. The van der Waals surface area contributed by atoms with Gasteiger partial charge in [0.25, 0.3) is 0 Å². The van der Waals surface area contributed by atoms with E-state index >= 15 is 0 Å². The molecule has 4 nitrogen and oxygen atoms in total. The fraction of sp³-hybridized carbons (Fsp3) is 0.625. The van der Waals surface area contributed by atoms with E-state index < -0.39 is 0 Å². The van der Waals surface area contributed by atoms with Gasteiger partial charge in [0.1, 0.15) is 5.75 Å². The maximum absolute atomic E-state index is 5.82. The number of rotatable bonds is 5. The van der Waals surface area contributed by atoms with Gasteiger partial charge in [-0.3, -0.25) is 11.3 Å². The topological polar surface area (TPSA) is 56.5 Å². The minimum absolute atomic E-state index is 0.0475. The second-order valence-corrected chi connectivity index (χ2v) is 6.36. The molecule has 4 heteroatoms. The molecule has 0 aliphatic carbocycles. The summed E-state index contributed by atoms with van der Waals surface area (Å²) in [4.78, 5) is 0. The summed E-state index contributed by atoms with van der Waals surface area (Å²) in [6, 6.07) is 4.04. The molecule has 2 unspecified atom stereocenters. The van der Waals surface area contributed by atoms with Crippen LogP contribution >= 0.6 is 0 Å². The van der Waals surface area contributed by atoms with E-state index in [0.717, 1.165) is 16.9 Å². The molecule has 20 heavy (non-hydrogen) atoms. The SMILES string of the molecule is COc1cc(C)cc(C)c1C(NN)C(OC)C(C)(C)C. The average Bonchev–Trinajstić information content (AvgIpc) is 2.34. The van der Waals surface area contributed by atoms with Gasteiger partial charge in [0.15, 0.2) is 0 Å². The molecule has 0 spiro atoms. The maximum atomic E-state index is 5.82. The van der Waals surface area contributed by atoms with Gasteiger partial charge in [0.05, 0.1) is 19.3 Å². The predicted molar refractivity (Wildman–Crippen MR) is 82.8 cm³/mol. The van der Waals surface area contributed by atoms with Gasteiger partial charge in [0, 0.05) is 12.7 Å². The molecule has 1 rings (SSSR count). The van der Waals surface area contributed by atoms with Crippen LogP contribution in [-0.4, -0.2) is 20.3 Å². The fourth-order valence-electron chi connectivity index (χ4n) is 2.82. The fourth-order valence-corrected chi connectivity index (χ4v) is 2.82. The molecule has 0 aliphatic heterocycles. The van der Waals surface area contributed by atoms with Gasteiger partial charge in [-0.25, -0.2) is 0 Å². The highest BCUT2D eigenvalue weighted by Gasteiger charge is 2.35. The first-order valence-electron chi connectivity index (χ1n) is 6.90. The predicted octanol–water partition coefficient (Wildman–Crippen LogP) is 2.88. The van der Waals surface area contributed by atoms with Crippen LogP contribution in [-0.2, 0) is 4.74 Å². The third kappa shape index (κ3) is 3.51. The van der Waals surface area contributed by atoms with E-state index in [4.69, 9.17) is 15.3 Å². The van der Waals surface area contributed by atoms with Crippen LogP contribution in [0.5, 0.6) is 5.75 Å². The van der Waals surface area contributed by atoms with Gasteiger partial charge < -0.3 is 9.47 Å². The third-order valence-electron chi connectivity index (χ3n) is 3.61. The molecule has 0 aromatic heterocycles. The Morgan fingerprint density at radius 3 is 2.15 bits per heavy atom. The van der Waals surface area contributed by atoms with Crippen molar-refractivity contribution in [3.63, 3.8) is 0 Å². The second kappa shape index (κ2) is 6.57. The normalized spacial score (nSPS) is 15.0. The Hall–Kier alpha value is -1.10. The number of nitrogens with one attached hydrogen (secondary N) is 1. The molecular formula is C16H28N2O2. The zero-order valence-corrected chi connectivity index (χ0v) is 13.7. The first kappa shape index (κ1) is 17.0. The molecule has 0 saturated carbocycles. The van der Waals surface area contributed by atoms with Crippen molar-refractivity contribution in [2.75, 3.05) is 14.2 Å². The number of benzene rings is 1. The van der Waals surface area contributed by atoms with Crippen molar-refractivity contribution in [2.45, 2.75) is 46.8 Å². The maximum Gasteiger partial charge on any atom is 0.124 e. The lowest BCUT2D eigenvalue weighted by Crippen LogP contribution is -2.44. The molecule has 0 heterocycles. The highest BCUT2D eigenvalue weighted by Crippen LogP contribution is 2.38. The Morgan fingerprint density at radius 1 is 1.15 bits per heavy atom. The lowest BCUT2D eigenvalue weighted by molar-refractivity contribution is -0.0126. The molecular weight excluding hydrogens is 252 g/mol. The van der Waals surface area contributed by atoms with Crippen LogP contribution < -0.4 is 16.0 Å². The average molecular weight is 280 g/mol. The van der Waals surface area contributed by atoms with Crippen LogP contribution in [0, 0.1) is 19.3 Å². The number of methoxy groups -OCH3 is 2. The summed E-state index contributed by atoms with van der Waals surface area (Å²) in [7, 11) is 3.40. The summed E-state index contributed by atoms with van der Waals surface area (Å²) in [5.74, 6) is 6.67. The molecule has 2 atom stereocenters. The summed E-state index contributed by atoms with van der Waals surface area (Å²) in [5, 5.41) is 0. The molecule has 0 bridgehead atoms. The second-order valence-electron chi connectivity index (χ2n) is 6.36. The van der Waals surface area contributed by atoms with E-state index in [-0.39, 0.29) is 17.6 Å². The lowest BCUT2D eigenvalue weighted by atomic mass is 9.80. The van der Waals surface area contributed by atoms with Gasteiger partial charge in [-0.1, -0.05) is 26.8 Å². The van der Waals surface area contributed by atoms with E-state index in [2.05, 4.69) is 46.1 Å². The number of hydrogen-bond donors (Lipinski definition) is 2. The van der Waals surface area contributed by atoms with Crippen molar-refractivity contribution in [3.05, 3.63) is 28.8 Å². The number of hydrogen-bond acceptors (Lipinski definition) is 4. The smallest absolute Gasteiger partial charge is 0.124 e. The summed E-state index contributed by atoms with van der Waals surface area (Å²) in [5.41, 5.74) is 6.24. The first-order chi connectivity index (χ1) is 9.26. The van der Waals surface area contributed by atoms with Crippen LogP contribution in [0.2, 0.25) is 0 Å². The van der Waals surface area contributed by atoms with Gasteiger partial charge >= 0.3 is 0 Å². The van der Waals surface area contributed by atoms with Crippen molar-refractivity contribution in [1.29, 1.82) is 0 Å². The molecule has 0 amide bonds. The molecule has 3 N–H and O–H groups in total. The van der Waals surface area contributed by atoms with Crippen molar-refractivity contribution in [3.8, 4) is 5.75 Å². The Morgan fingerprint density at radius 2 is 1.75 bits per heavy atom. The van der Waals surface area contributed by atoms with E-state index in [1.807, 2.05) is 6.07 Å². The molecule has 1 aromatic rings. The zero-order valence-electron chi connectivity index (χ0n) is 13.7. The van der Waals surface area contributed by atoms with E-state index in [0.29, 0.717) is 0 Å². The van der Waals surface area contributed by atoms with Crippen molar-refractivity contribution < 1.29 is 9.47 Å². The van der Waals surface area contributed by atoms with Gasteiger partial charge in [-0.15, -0.1) is 0 Å². The summed E-state index contributed by atoms with van der Waals surface area (Å²) in [6.45, 7) is 10.6. The molecule has 0 saturated heterocycles. The molecule has 1 aromatic carbocycles. The standard InChI is InChI=1S/C16H28N2O2/c1-10-8-11(2)13(12(9-10)19-6)14(18-17)15(20-7)16(3,4)5/h8-9,14-15,18H,17H2,1-7H3. The monoisotopic (exact) mass is 280 g/mol. The highest BCUT2D eigenvalue weighted by molar-refractivity contribution is 5.45. The minimum atomic E-state index is -0.129. The van der Waals surface area contributed by atoms with E-state index in [1.54, 1.807) is 14.2 Å². The summed E-state index contributed by atoms with van der Waals surface area (Å²) in [6.07, 6.45) is -0.0668. The van der Waals surface area contributed by atoms with Crippen LogP contribution in [0.15, 0.2) is 12.1 Å². The third-order valence-corrected chi connectivity index (χ3v) is 3.61. The van der Waals surface area contributed by atoms with Crippen molar-refractivity contribution >= 4 is 0 Å². The van der Waals surface area contributed by atoms with Gasteiger partial charge in [-0.2, -0.15) is 0 Å².